The number of alkyl halides is 3. The first kappa shape index (κ1) is 21.5. The summed E-state index contributed by atoms with van der Waals surface area (Å²) >= 11 is 5.75. The van der Waals surface area contributed by atoms with Gasteiger partial charge in [-0.1, -0.05) is 17.7 Å². The van der Waals surface area contributed by atoms with Gasteiger partial charge >= 0.3 is 12.3 Å². The Balaban J connectivity index is 2.30. The van der Waals surface area contributed by atoms with Crippen LogP contribution >= 0.6 is 11.6 Å². The first-order valence-electron chi connectivity index (χ1n) is 7.79. The number of nitrogens with one attached hydrogen (secondary N) is 2. The number of cyclic esters (lactones) is 1. The molecule has 12 heteroatoms. The van der Waals surface area contributed by atoms with E-state index in [9.17, 15) is 27.2 Å². The van der Waals surface area contributed by atoms with Crippen molar-refractivity contribution < 1.29 is 31.9 Å². The van der Waals surface area contributed by atoms with Crippen LogP contribution in [0.15, 0.2) is 35.0 Å². The van der Waals surface area contributed by atoms with Crippen LogP contribution in [0.1, 0.15) is 11.6 Å². The Morgan fingerprint density at radius 2 is 2.21 bits per heavy atom. The molecule has 1 aromatic rings. The lowest BCUT2D eigenvalue weighted by Gasteiger charge is -2.22. The van der Waals surface area contributed by atoms with Gasteiger partial charge in [0, 0.05) is 18.0 Å². The third-order valence-electron chi connectivity index (χ3n) is 3.57. The average molecular weight is 423 g/mol. The minimum Gasteiger partial charge on any atom is -0.434 e. The molecule has 0 spiro atoms. The van der Waals surface area contributed by atoms with Crippen LogP contribution in [0.3, 0.4) is 0 Å². The smallest absolute Gasteiger partial charge is 0.408 e. The van der Waals surface area contributed by atoms with Crippen molar-refractivity contribution in [3.8, 4) is 0 Å². The Morgan fingerprint density at radius 3 is 2.75 bits per heavy atom. The van der Waals surface area contributed by atoms with E-state index in [1.54, 1.807) is 0 Å². The zero-order chi connectivity index (χ0) is 20.9. The summed E-state index contributed by atoms with van der Waals surface area (Å²) in [7, 11) is 0. The molecule has 1 heterocycles. The molecule has 1 fully saturated rings. The highest BCUT2D eigenvalue weighted by molar-refractivity contribution is 6.30. The number of nitrogens with zero attached hydrogens (tertiary/aromatic N) is 1. The van der Waals surface area contributed by atoms with Gasteiger partial charge in [0.2, 0.25) is 0 Å². The molecule has 1 saturated heterocycles. The minimum absolute atomic E-state index is 0.0162. The van der Waals surface area contributed by atoms with Crippen molar-refractivity contribution in [1.82, 2.24) is 10.6 Å². The van der Waals surface area contributed by atoms with E-state index in [2.05, 4.69) is 15.6 Å². The number of halogens is 5. The molecule has 7 nitrogen and oxygen atoms in total. The van der Waals surface area contributed by atoms with Gasteiger partial charge in [0.05, 0.1) is 17.6 Å². The standard InChI is InChI=1S/C16H15ClF4N4O3/c17-10-3-8(1-2-11(10)18)13(9(4-22)5-23-7-16(19,20)21)25-14(26)12-6-24-15(27)28-12/h1-5,12-13H,6-7,22H2,(H,24,27)(H,25,26)/b9-4+,23-5?. The fourth-order valence-electron chi connectivity index (χ4n) is 2.29. The second kappa shape index (κ2) is 8.91. The van der Waals surface area contributed by atoms with Crippen LogP contribution < -0.4 is 16.4 Å². The highest BCUT2D eigenvalue weighted by Crippen LogP contribution is 2.26. The normalized spacial score (nSPS) is 18.7. The van der Waals surface area contributed by atoms with Crippen molar-refractivity contribution in [2.45, 2.75) is 18.3 Å². The second-order valence-corrected chi connectivity index (χ2v) is 6.05. The van der Waals surface area contributed by atoms with Crippen molar-refractivity contribution in [3.63, 3.8) is 0 Å². The van der Waals surface area contributed by atoms with Gasteiger partial charge in [-0.05, 0) is 17.7 Å². The van der Waals surface area contributed by atoms with Crippen LogP contribution in [0, 0.1) is 5.82 Å². The summed E-state index contributed by atoms with van der Waals surface area (Å²) in [5.41, 5.74) is 5.70. The molecule has 2 rings (SSSR count). The van der Waals surface area contributed by atoms with Gasteiger partial charge in [-0.2, -0.15) is 13.2 Å². The molecule has 0 bridgehead atoms. The van der Waals surface area contributed by atoms with Crippen LogP contribution in [0.2, 0.25) is 5.02 Å². The fraction of sp³-hybridized carbons (Fsp3) is 0.312. The number of amides is 2. The van der Waals surface area contributed by atoms with Gasteiger partial charge < -0.3 is 21.1 Å². The lowest BCUT2D eigenvalue weighted by molar-refractivity contribution is -0.128. The van der Waals surface area contributed by atoms with Crippen LogP contribution in [0.4, 0.5) is 22.4 Å². The van der Waals surface area contributed by atoms with E-state index in [4.69, 9.17) is 22.1 Å². The van der Waals surface area contributed by atoms with Crippen LogP contribution in [-0.4, -0.2) is 43.6 Å². The number of aliphatic imine (C=N–C) groups is 1. The molecule has 4 N–H and O–H groups in total. The molecule has 0 radical (unpaired) electrons. The number of carbonyl (C=O) groups is 2. The van der Waals surface area contributed by atoms with E-state index in [-0.39, 0.29) is 22.7 Å². The summed E-state index contributed by atoms with van der Waals surface area (Å²) in [6.07, 6.45) is -4.69. The number of carbonyl (C=O) groups excluding carboxylic acids is 2. The lowest BCUT2D eigenvalue weighted by Crippen LogP contribution is -2.40. The SMILES string of the molecule is N/C=C(\C=NCC(F)(F)F)C(NC(=O)C1CNC(=O)O1)c1ccc(F)c(Cl)c1. The molecule has 2 amide bonds. The van der Waals surface area contributed by atoms with Crippen LogP contribution in [-0.2, 0) is 9.53 Å². The first-order chi connectivity index (χ1) is 13.1. The number of hydrogen-bond donors (Lipinski definition) is 3. The Morgan fingerprint density at radius 1 is 1.50 bits per heavy atom. The number of alkyl carbamates (subject to hydrolysis) is 1. The van der Waals surface area contributed by atoms with Gasteiger partial charge in [0.15, 0.2) is 6.10 Å². The van der Waals surface area contributed by atoms with E-state index in [0.29, 0.717) is 0 Å². The highest BCUT2D eigenvalue weighted by Gasteiger charge is 2.32. The van der Waals surface area contributed by atoms with E-state index >= 15 is 0 Å². The molecule has 28 heavy (non-hydrogen) atoms. The van der Waals surface area contributed by atoms with Crippen molar-refractivity contribution in [1.29, 1.82) is 0 Å². The first-order valence-corrected chi connectivity index (χ1v) is 8.16. The molecule has 2 unspecified atom stereocenters. The Bertz CT molecular complexity index is 814. The Hall–Kier alpha value is -2.82. The molecule has 1 aromatic carbocycles. The van der Waals surface area contributed by atoms with Gasteiger partial charge in [-0.25, -0.2) is 9.18 Å². The molecule has 0 saturated carbocycles. The number of benzene rings is 1. The summed E-state index contributed by atoms with van der Waals surface area (Å²) in [4.78, 5) is 26.7. The summed E-state index contributed by atoms with van der Waals surface area (Å²) in [6, 6.07) is 2.36. The van der Waals surface area contributed by atoms with E-state index in [1.165, 1.54) is 12.1 Å². The number of rotatable bonds is 6. The van der Waals surface area contributed by atoms with Crippen LogP contribution in [0.5, 0.6) is 0 Å². The summed E-state index contributed by atoms with van der Waals surface area (Å²) in [5, 5.41) is 4.50. The molecule has 152 valence electrons. The zero-order valence-electron chi connectivity index (χ0n) is 14.1. The lowest BCUT2D eigenvalue weighted by atomic mass is 9.99. The van der Waals surface area contributed by atoms with Crippen molar-refractivity contribution in [2.75, 3.05) is 13.1 Å². The maximum Gasteiger partial charge on any atom is 0.408 e. The summed E-state index contributed by atoms with van der Waals surface area (Å²) < 4.78 is 55.2. The third-order valence-corrected chi connectivity index (χ3v) is 3.86. The molecule has 1 aliphatic rings. The highest BCUT2D eigenvalue weighted by atomic mass is 35.5. The van der Waals surface area contributed by atoms with Gasteiger partial charge in [0.1, 0.15) is 12.4 Å². The quantitative estimate of drug-likeness (QED) is 0.483. The maximum atomic E-state index is 13.5. The monoisotopic (exact) mass is 422 g/mol. The average Bonchev–Trinajstić information content (AvgIpc) is 3.05. The summed E-state index contributed by atoms with van der Waals surface area (Å²) in [5.74, 6) is -1.47. The molecule has 0 aliphatic carbocycles. The van der Waals surface area contributed by atoms with Gasteiger partial charge in [-0.3, -0.25) is 9.79 Å². The van der Waals surface area contributed by atoms with Crippen molar-refractivity contribution >= 4 is 29.8 Å². The van der Waals surface area contributed by atoms with Gasteiger partial charge in [-0.15, -0.1) is 0 Å². The molecular weight excluding hydrogens is 408 g/mol. The van der Waals surface area contributed by atoms with Crippen molar-refractivity contribution in [2.24, 2.45) is 10.7 Å². The van der Waals surface area contributed by atoms with Crippen molar-refractivity contribution in [3.05, 3.63) is 46.4 Å². The Kier molecular flexibility index (Phi) is 6.84. The van der Waals surface area contributed by atoms with Crippen LogP contribution in [0.25, 0.3) is 0 Å². The van der Waals surface area contributed by atoms with E-state index < -0.39 is 42.7 Å². The maximum absolute atomic E-state index is 13.5. The van der Waals surface area contributed by atoms with E-state index in [1.807, 2.05) is 0 Å². The Labute approximate surface area is 161 Å². The van der Waals surface area contributed by atoms with E-state index in [0.717, 1.165) is 18.5 Å². The second-order valence-electron chi connectivity index (χ2n) is 5.64. The number of hydrogen-bond acceptors (Lipinski definition) is 5. The minimum atomic E-state index is -4.53. The molecule has 2 atom stereocenters. The predicted molar refractivity (Wildman–Crippen MR) is 92.2 cm³/mol. The zero-order valence-corrected chi connectivity index (χ0v) is 14.9. The predicted octanol–water partition coefficient (Wildman–Crippen LogP) is 2.22. The molecule has 1 aliphatic heterocycles. The number of ether oxygens (including phenoxy) is 1. The molecule has 0 aromatic heterocycles. The molecular formula is C16H15ClF4N4O3. The topological polar surface area (TPSA) is 106 Å². The fourth-order valence-corrected chi connectivity index (χ4v) is 2.48. The van der Waals surface area contributed by atoms with Gasteiger partial charge in [0.25, 0.3) is 5.91 Å². The summed E-state index contributed by atoms with van der Waals surface area (Å²) in [6.45, 7) is -1.55. The third kappa shape index (κ3) is 5.84. The number of nitrogens with two attached hydrogens (primary N) is 1. The largest absolute Gasteiger partial charge is 0.434 e.